The highest BCUT2D eigenvalue weighted by Gasteiger charge is 2.39. The van der Waals surface area contributed by atoms with Crippen LogP contribution in [0.25, 0.3) is 0 Å². The Morgan fingerprint density at radius 1 is 1.07 bits per heavy atom. The van der Waals surface area contributed by atoms with Gasteiger partial charge in [0.25, 0.3) is 0 Å². The lowest BCUT2D eigenvalue weighted by Gasteiger charge is -2.33. The summed E-state index contributed by atoms with van der Waals surface area (Å²) in [5.74, 6) is 1.20. The molecule has 3 rings (SSSR count). The molecule has 0 saturated carbocycles. The van der Waals surface area contributed by atoms with Crippen molar-refractivity contribution in [2.24, 2.45) is 0 Å². The quantitative estimate of drug-likeness (QED) is 0.685. The molecule has 1 fully saturated rings. The molecule has 150 valence electrons. The van der Waals surface area contributed by atoms with Crippen molar-refractivity contribution in [1.29, 1.82) is 0 Å². The number of carboxylic acids is 1. The van der Waals surface area contributed by atoms with E-state index in [0.29, 0.717) is 30.2 Å². The molecule has 1 aliphatic rings. The van der Waals surface area contributed by atoms with Crippen LogP contribution in [0.4, 0.5) is 0 Å². The molecule has 2 atom stereocenters. The fourth-order valence-corrected chi connectivity index (χ4v) is 4.23. The zero-order chi connectivity index (χ0) is 20.3. The zero-order valence-electron chi connectivity index (χ0n) is 16.1. The van der Waals surface area contributed by atoms with Crippen molar-refractivity contribution in [3.05, 3.63) is 52.0 Å². The van der Waals surface area contributed by atoms with Gasteiger partial charge >= 0.3 is 5.97 Å². The number of benzene rings is 2. The summed E-state index contributed by atoms with van der Waals surface area (Å²) in [5, 5.41) is 9.78. The van der Waals surface area contributed by atoms with Crippen LogP contribution in [0.3, 0.4) is 0 Å². The largest absolute Gasteiger partial charge is 0.497 e. The third kappa shape index (κ3) is 3.95. The molecule has 1 heterocycles. The van der Waals surface area contributed by atoms with E-state index in [1.807, 2.05) is 41.3 Å². The molecular weight excluding hydrogens is 426 g/mol. The Balaban J connectivity index is 2.21. The summed E-state index contributed by atoms with van der Waals surface area (Å²) in [4.78, 5) is 13.9. The summed E-state index contributed by atoms with van der Waals surface area (Å²) in [7, 11) is 4.82. The first-order valence-electron chi connectivity index (χ1n) is 9.04. The van der Waals surface area contributed by atoms with Crippen LogP contribution in [-0.2, 0) is 4.79 Å². The minimum absolute atomic E-state index is 0.336. The number of likely N-dealkylation sites (tertiary alicyclic amines) is 1. The second-order valence-corrected chi connectivity index (χ2v) is 7.55. The summed E-state index contributed by atoms with van der Waals surface area (Å²) in [5.41, 5.74) is 1.75. The average molecular weight is 450 g/mol. The smallest absolute Gasteiger partial charge is 0.320 e. The molecule has 1 aliphatic heterocycles. The Kier molecular flexibility index (Phi) is 6.46. The number of carbonyl (C=O) groups is 1. The number of aliphatic carboxylic acids is 1. The molecule has 0 spiro atoms. The number of hydrogen-bond donors (Lipinski definition) is 1. The molecule has 0 amide bonds. The molecule has 2 unspecified atom stereocenters. The summed E-state index contributed by atoms with van der Waals surface area (Å²) < 4.78 is 17.5. The Morgan fingerprint density at radius 2 is 1.82 bits per heavy atom. The third-order valence-corrected chi connectivity index (χ3v) is 5.63. The lowest BCUT2D eigenvalue weighted by Crippen LogP contribution is -2.39. The Hall–Kier alpha value is -2.25. The molecule has 7 heteroatoms. The monoisotopic (exact) mass is 449 g/mol. The molecule has 1 N–H and O–H groups in total. The van der Waals surface area contributed by atoms with Gasteiger partial charge in [0.2, 0.25) is 0 Å². The molecule has 0 aliphatic carbocycles. The average Bonchev–Trinajstić information content (AvgIpc) is 3.18. The van der Waals surface area contributed by atoms with Crippen molar-refractivity contribution < 1.29 is 24.1 Å². The van der Waals surface area contributed by atoms with Crippen molar-refractivity contribution in [2.45, 2.75) is 24.9 Å². The Labute approximate surface area is 173 Å². The van der Waals surface area contributed by atoms with Gasteiger partial charge in [0.1, 0.15) is 23.3 Å². The van der Waals surface area contributed by atoms with Gasteiger partial charge in [0.15, 0.2) is 0 Å². The fraction of sp³-hybridized carbons (Fsp3) is 0.381. The van der Waals surface area contributed by atoms with Crippen LogP contribution < -0.4 is 14.2 Å². The summed E-state index contributed by atoms with van der Waals surface area (Å²) >= 11 is 3.54. The van der Waals surface area contributed by atoms with Crippen LogP contribution >= 0.6 is 15.9 Å². The van der Waals surface area contributed by atoms with E-state index in [9.17, 15) is 9.90 Å². The minimum atomic E-state index is -0.816. The molecule has 6 nitrogen and oxygen atoms in total. The van der Waals surface area contributed by atoms with Gasteiger partial charge in [0, 0.05) is 28.2 Å². The molecule has 28 heavy (non-hydrogen) atoms. The van der Waals surface area contributed by atoms with E-state index in [0.717, 1.165) is 22.0 Å². The third-order valence-electron chi connectivity index (χ3n) is 5.13. The molecule has 0 radical (unpaired) electrons. The Bertz CT molecular complexity index is 857. The number of ether oxygens (including phenoxy) is 3. The van der Waals surface area contributed by atoms with E-state index in [1.165, 1.54) is 0 Å². The Morgan fingerprint density at radius 3 is 2.46 bits per heavy atom. The van der Waals surface area contributed by atoms with E-state index in [1.54, 1.807) is 21.3 Å². The molecule has 1 saturated heterocycles. The number of methoxy groups -OCH3 is 3. The van der Waals surface area contributed by atoms with Crippen molar-refractivity contribution in [3.8, 4) is 17.2 Å². The topological polar surface area (TPSA) is 68.2 Å². The maximum atomic E-state index is 11.9. The number of rotatable bonds is 7. The van der Waals surface area contributed by atoms with E-state index in [2.05, 4.69) is 15.9 Å². The van der Waals surface area contributed by atoms with Crippen LogP contribution in [-0.4, -0.2) is 49.9 Å². The van der Waals surface area contributed by atoms with Crippen molar-refractivity contribution >= 4 is 21.9 Å². The molecule has 2 aromatic rings. The maximum Gasteiger partial charge on any atom is 0.320 e. The van der Waals surface area contributed by atoms with Crippen LogP contribution in [0, 0.1) is 0 Å². The molecule has 0 aromatic heterocycles. The van der Waals surface area contributed by atoms with Gasteiger partial charge in [-0.2, -0.15) is 0 Å². The second-order valence-electron chi connectivity index (χ2n) is 6.63. The van der Waals surface area contributed by atoms with Crippen molar-refractivity contribution in [1.82, 2.24) is 4.90 Å². The summed E-state index contributed by atoms with van der Waals surface area (Å²) in [6.45, 7) is 0.673. The van der Waals surface area contributed by atoms with Gasteiger partial charge in [-0.25, -0.2) is 0 Å². The second kappa shape index (κ2) is 8.84. The predicted octanol–water partition coefficient (Wildman–Crippen LogP) is 4.11. The van der Waals surface area contributed by atoms with Gasteiger partial charge < -0.3 is 19.3 Å². The SMILES string of the molecule is COc1ccc(C(c2cc(Br)ccc2OC)N2CCCC2C(=O)O)c(OC)c1. The first-order chi connectivity index (χ1) is 13.5. The van der Waals surface area contributed by atoms with Crippen LogP contribution in [0.2, 0.25) is 0 Å². The van der Waals surface area contributed by atoms with E-state index in [-0.39, 0.29) is 6.04 Å². The van der Waals surface area contributed by atoms with Gasteiger partial charge in [-0.15, -0.1) is 0 Å². The minimum Gasteiger partial charge on any atom is -0.497 e. The summed E-state index contributed by atoms with van der Waals surface area (Å²) in [6.07, 6.45) is 1.43. The van der Waals surface area contributed by atoms with Crippen molar-refractivity contribution in [2.75, 3.05) is 27.9 Å². The van der Waals surface area contributed by atoms with Crippen LogP contribution in [0.1, 0.15) is 30.0 Å². The van der Waals surface area contributed by atoms with Gasteiger partial charge in [-0.05, 0) is 43.2 Å². The summed E-state index contributed by atoms with van der Waals surface area (Å²) in [6, 6.07) is 10.5. The number of hydrogen-bond acceptors (Lipinski definition) is 5. The van der Waals surface area contributed by atoms with Crippen LogP contribution in [0.15, 0.2) is 40.9 Å². The first-order valence-corrected chi connectivity index (χ1v) is 9.83. The first kappa shape index (κ1) is 20.5. The highest BCUT2D eigenvalue weighted by Crippen LogP contribution is 2.43. The number of carboxylic acid groups (broad SMARTS) is 1. The maximum absolute atomic E-state index is 11.9. The number of halogens is 1. The standard InChI is InChI=1S/C21H24BrNO5/c1-26-14-7-8-15(19(12-14)28-3)20(23-10-4-5-17(23)21(24)25)16-11-13(22)6-9-18(16)27-2/h6-9,11-12,17,20H,4-5,10H2,1-3H3,(H,24,25). The normalized spacial score (nSPS) is 17.9. The van der Waals surface area contributed by atoms with E-state index < -0.39 is 12.0 Å². The number of nitrogens with zero attached hydrogens (tertiary/aromatic N) is 1. The molecule has 0 bridgehead atoms. The van der Waals surface area contributed by atoms with E-state index in [4.69, 9.17) is 14.2 Å². The predicted molar refractivity (Wildman–Crippen MR) is 109 cm³/mol. The lowest BCUT2D eigenvalue weighted by molar-refractivity contribution is -0.142. The van der Waals surface area contributed by atoms with Crippen LogP contribution in [0.5, 0.6) is 17.2 Å². The molecular formula is C21H24BrNO5. The molecule has 2 aromatic carbocycles. The van der Waals surface area contributed by atoms with Gasteiger partial charge in [-0.3, -0.25) is 9.69 Å². The lowest BCUT2D eigenvalue weighted by atomic mass is 9.94. The van der Waals surface area contributed by atoms with E-state index >= 15 is 0 Å². The zero-order valence-corrected chi connectivity index (χ0v) is 17.7. The van der Waals surface area contributed by atoms with Gasteiger partial charge in [0.05, 0.1) is 27.4 Å². The fourth-order valence-electron chi connectivity index (χ4n) is 3.85. The van der Waals surface area contributed by atoms with Gasteiger partial charge in [-0.1, -0.05) is 15.9 Å². The van der Waals surface area contributed by atoms with Crippen molar-refractivity contribution in [3.63, 3.8) is 0 Å². The highest BCUT2D eigenvalue weighted by molar-refractivity contribution is 9.10. The highest BCUT2D eigenvalue weighted by atomic mass is 79.9.